The maximum atomic E-state index is 4.88. The van der Waals surface area contributed by atoms with E-state index in [-0.39, 0.29) is 0 Å². The molecule has 1 aliphatic heterocycles. The zero-order valence-electron chi connectivity index (χ0n) is 15.6. The monoisotopic (exact) mass is 348 g/mol. The summed E-state index contributed by atoms with van der Waals surface area (Å²) in [6.45, 7) is 9.26. The summed E-state index contributed by atoms with van der Waals surface area (Å²) < 4.78 is 0. The predicted molar refractivity (Wildman–Crippen MR) is 107 cm³/mol. The van der Waals surface area contributed by atoms with Gasteiger partial charge < -0.3 is 15.1 Å². The largest absolute Gasteiger partial charge is 0.357 e. The Morgan fingerprint density at radius 1 is 1.25 bits per heavy atom. The van der Waals surface area contributed by atoms with Gasteiger partial charge in [0.15, 0.2) is 5.96 Å². The first-order chi connectivity index (χ1) is 11.6. The van der Waals surface area contributed by atoms with Gasteiger partial charge in [-0.25, -0.2) is 4.99 Å². The second-order valence-corrected chi connectivity index (χ2v) is 7.98. The van der Waals surface area contributed by atoms with Crippen LogP contribution in [-0.4, -0.2) is 60.5 Å². The van der Waals surface area contributed by atoms with Gasteiger partial charge in [0.05, 0.1) is 6.54 Å². The van der Waals surface area contributed by atoms with Gasteiger partial charge in [-0.15, -0.1) is 0 Å². The van der Waals surface area contributed by atoms with Gasteiger partial charge in [0.2, 0.25) is 0 Å². The Bertz CT molecular complexity index is 513. The van der Waals surface area contributed by atoms with Crippen molar-refractivity contribution in [3.05, 3.63) is 35.4 Å². The molecule has 1 aliphatic rings. The number of thioether (sulfide) groups is 1. The number of hydrogen-bond acceptors (Lipinski definition) is 3. The molecule has 1 atom stereocenters. The van der Waals surface area contributed by atoms with Crippen molar-refractivity contribution in [2.24, 2.45) is 4.99 Å². The van der Waals surface area contributed by atoms with Crippen LogP contribution in [0.3, 0.4) is 0 Å². The van der Waals surface area contributed by atoms with E-state index in [0.29, 0.717) is 0 Å². The van der Waals surface area contributed by atoms with E-state index >= 15 is 0 Å². The number of benzene rings is 1. The van der Waals surface area contributed by atoms with E-state index in [9.17, 15) is 0 Å². The molecule has 1 fully saturated rings. The molecule has 1 heterocycles. The molecule has 0 saturated carbocycles. The number of hydrogen-bond donors (Lipinski definition) is 1. The Balaban J connectivity index is 1.99. The Kier molecular flexibility index (Phi) is 7.92. The van der Waals surface area contributed by atoms with Crippen molar-refractivity contribution in [3.8, 4) is 0 Å². The fraction of sp³-hybridized carbons (Fsp3) is 0.632. The summed E-state index contributed by atoms with van der Waals surface area (Å²) in [6, 6.07) is 8.82. The van der Waals surface area contributed by atoms with Crippen molar-refractivity contribution in [1.29, 1.82) is 0 Å². The summed E-state index contributed by atoms with van der Waals surface area (Å²) in [6.07, 6.45) is 1.23. The molecule has 0 spiro atoms. The fourth-order valence-electron chi connectivity index (χ4n) is 2.87. The van der Waals surface area contributed by atoms with E-state index in [0.717, 1.165) is 43.9 Å². The van der Waals surface area contributed by atoms with Crippen molar-refractivity contribution in [2.45, 2.75) is 38.6 Å². The highest BCUT2D eigenvalue weighted by Gasteiger charge is 2.21. The lowest BCUT2D eigenvalue weighted by Crippen LogP contribution is -2.48. The lowest BCUT2D eigenvalue weighted by Gasteiger charge is -2.34. The van der Waals surface area contributed by atoms with Crippen LogP contribution in [0.1, 0.15) is 31.4 Å². The summed E-state index contributed by atoms with van der Waals surface area (Å²) >= 11 is 2.09. The number of rotatable bonds is 6. The smallest absolute Gasteiger partial charge is 0.194 e. The van der Waals surface area contributed by atoms with Gasteiger partial charge >= 0.3 is 0 Å². The zero-order valence-corrected chi connectivity index (χ0v) is 16.4. The summed E-state index contributed by atoms with van der Waals surface area (Å²) in [4.78, 5) is 9.49. The van der Waals surface area contributed by atoms with E-state index in [1.807, 2.05) is 0 Å². The summed E-state index contributed by atoms with van der Waals surface area (Å²) in [5, 5.41) is 4.19. The number of nitrogens with one attached hydrogen (secondary N) is 1. The standard InChI is InChI=1S/C19H32N4S/c1-5-18-15-23(11-12-24-18)19(20-6-2)21-13-16-7-9-17(10-8-16)14-22(3)4/h7-10,18H,5-6,11-15H2,1-4H3,(H,20,21). The average molecular weight is 349 g/mol. The van der Waals surface area contributed by atoms with Crippen LogP contribution in [0, 0.1) is 0 Å². The van der Waals surface area contributed by atoms with Crippen LogP contribution in [0.2, 0.25) is 0 Å². The molecule has 0 radical (unpaired) electrons. The molecule has 0 bridgehead atoms. The average Bonchev–Trinajstić information content (AvgIpc) is 2.59. The second-order valence-electron chi connectivity index (χ2n) is 6.57. The first kappa shape index (κ1) is 19.1. The molecule has 1 aromatic rings. The summed E-state index contributed by atoms with van der Waals surface area (Å²) in [7, 11) is 4.20. The maximum Gasteiger partial charge on any atom is 0.194 e. The van der Waals surface area contributed by atoms with Gasteiger partial charge in [0, 0.05) is 37.2 Å². The number of nitrogens with zero attached hydrogens (tertiary/aromatic N) is 3. The Hall–Kier alpha value is -1.20. The van der Waals surface area contributed by atoms with Gasteiger partial charge in [-0.1, -0.05) is 31.2 Å². The highest BCUT2D eigenvalue weighted by Crippen LogP contribution is 2.21. The fourth-order valence-corrected chi connectivity index (χ4v) is 4.05. The van der Waals surface area contributed by atoms with E-state index in [4.69, 9.17) is 4.99 Å². The van der Waals surface area contributed by atoms with Gasteiger partial charge in [-0.3, -0.25) is 0 Å². The number of aliphatic imine (C=N–C) groups is 1. The molecule has 24 heavy (non-hydrogen) atoms. The Morgan fingerprint density at radius 3 is 2.58 bits per heavy atom. The molecular weight excluding hydrogens is 316 g/mol. The first-order valence-electron chi connectivity index (χ1n) is 8.99. The van der Waals surface area contributed by atoms with Crippen LogP contribution < -0.4 is 5.32 Å². The molecule has 4 nitrogen and oxygen atoms in total. The third-order valence-corrected chi connectivity index (χ3v) is 5.53. The van der Waals surface area contributed by atoms with Crippen molar-refractivity contribution >= 4 is 17.7 Å². The van der Waals surface area contributed by atoms with Gasteiger partial charge in [0.25, 0.3) is 0 Å². The van der Waals surface area contributed by atoms with Crippen LogP contribution >= 0.6 is 11.8 Å². The van der Waals surface area contributed by atoms with Crippen LogP contribution in [0.5, 0.6) is 0 Å². The molecule has 1 unspecified atom stereocenters. The number of guanidine groups is 1. The highest BCUT2D eigenvalue weighted by molar-refractivity contribution is 8.00. The van der Waals surface area contributed by atoms with E-state index in [1.165, 1.54) is 23.3 Å². The van der Waals surface area contributed by atoms with Crippen LogP contribution in [0.25, 0.3) is 0 Å². The quantitative estimate of drug-likeness (QED) is 0.632. The zero-order chi connectivity index (χ0) is 17.4. The highest BCUT2D eigenvalue weighted by atomic mass is 32.2. The molecule has 0 aromatic heterocycles. The molecule has 2 rings (SSSR count). The lowest BCUT2D eigenvalue weighted by molar-refractivity contribution is 0.402. The van der Waals surface area contributed by atoms with Crippen molar-refractivity contribution in [1.82, 2.24) is 15.1 Å². The minimum atomic E-state index is 0.730. The van der Waals surface area contributed by atoms with Crippen molar-refractivity contribution in [3.63, 3.8) is 0 Å². The van der Waals surface area contributed by atoms with E-state index < -0.39 is 0 Å². The van der Waals surface area contributed by atoms with Crippen LogP contribution in [-0.2, 0) is 13.1 Å². The van der Waals surface area contributed by atoms with E-state index in [1.54, 1.807) is 0 Å². The predicted octanol–water partition coefficient (Wildman–Crippen LogP) is 3.04. The second kappa shape index (κ2) is 9.94. The molecule has 5 heteroatoms. The van der Waals surface area contributed by atoms with Gasteiger partial charge in [-0.05, 0) is 38.6 Å². The molecule has 1 N–H and O–H groups in total. The molecule has 0 amide bonds. The maximum absolute atomic E-state index is 4.88. The SMILES string of the molecule is CCNC(=NCc1ccc(CN(C)C)cc1)N1CCSC(CC)C1. The Labute approximate surface area is 151 Å². The molecule has 0 aliphatic carbocycles. The van der Waals surface area contributed by atoms with Crippen LogP contribution in [0.15, 0.2) is 29.3 Å². The van der Waals surface area contributed by atoms with Gasteiger partial charge in [-0.2, -0.15) is 11.8 Å². The lowest BCUT2D eigenvalue weighted by atomic mass is 10.1. The van der Waals surface area contributed by atoms with Crippen LogP contribution in [0.4, 0.5) is 0 Å². The van der Waals surface area contributed by atoms with Crippen molar-refractivity contribution in [2.75, 3.05) is 39.5 Å². The molecule has 1 saturated heterocycles. The third kappa shape index (κ3) is 6.02. The molecular formula is C19H32N4S. The summed E-state index contributed by atoms with van der Waals surface area (Å²) in [5.41, 5.74) is 2.62. The topological polar surface area (TPSA) is 30.9 Å². The summed E-state index contributed by atoms with van der Waals surface area (Å²) in [5.74, 6) is 2.26. The first-order valence-corrected chi connectivity index (χ1v) is 10.0. The minimum absolute atomic E-state index is 0.730. The molecule has 1 aromatic carbocycles. The third-order valence-electron chi connectivity index (χ3n) is 4.16. The minimum Gasteiger partial charge on any atom is -0.357 e. The molecule has 134 valence electrons. The normalized spacial score (nSPS) is 19.0. The van der Waals surface area contributed by atoms with Crippen molar-refractivity contribution < 1.29 is 0 Å². The Morgan fingerprint density at radius 2 is 1.96 bits per heavy atom. The van der Waals surface area contributed by atoms with E-state index in [2.05, 4.69) is 79.1 Å². The van der Waals surface area contributed by atoms with Gasteiger partial charge in [0.1, 0.15) is 0 Å².